The highest BCUT2D eigenvalue weighted by Gasteiger charge is 2.18. The number of fused-ring (bicyclic) bond motifs is 1. The average molecular weight is 500 g/mol. The summed E-state index contributed by atoms with van der Waals surface area (Å²) in [4.78, 5) is 21.0. The van der Waals surface area contributed by atoms with Crippen LogP contribution >= 0.6 is 0 Å². The summed E-state index contributed by atoms with van der Waals surface area (Å²) in [5.74, 6) is 0.642. The fraction of sp³-hybridized carbons (Fsp3) is 0.276. The lowest BCUT2D eigenvalue weighted by Gasteiger charge is -2.19. The Bertz CT molecular complexity index is 1380. The molecule has 0 unspecified atom stereocenters. The van der Waals surface area contributed by atoms with Crippen LogP contribution in [0.1, 0.15) is 47.8 Å². The highest BCUT2D eigenvalue weighted by Crippen LogP contribution is 2.38. The lowest BCUT2D eigenvalue weighted by Crippen LogP contribution is -2.16. The SMILES string of the molecule is CCOc1cc2ncc(C(N)=O)c(Nc3cccc(CNCc4ccncc4)c3CC)c2cc1OCC. The molecule has 2 heterocycles. The van der Waals surface area contributed by atoms with Crippen LogP contribution in [0.2, 0.25) is 0 Å². The summed E-state index contributed by atoms with van der Waals surface area (Å²) in [6.07, 6.45) is 5.91. The van der Waals surface area contributed by atoms with Crippen molar-refractivity contribution in [1.82, 2.24) is 15.3 Å². The molecule has 0 aliphatic heterocycles. The second kappa shape index (κ2) is 12.2. The summed E-state index contributed by atoms with van der Waals surface area (Å²) in [5.41, 5.74) is 11.8. The number of hydrogen-bond acceptors (Lipinski definition) is 7. The Kier molecular flexibility index (Phi) is 8.53. The molecule has 8 heteroatoms. The first kappa shape index (κ1) is 25.9. The number of hydrogen-bond donors (Lipinski definition) is 3. The fourth-order valence-corrected chi connectivity index (χ4v) is 4.37. The molecule has 4 N–H and O–H groups in total. The maximum Gasteiger partial charge on any atom is 0.252 e. The lowest BCUT2D eigenvalue weighted by atomic mass is 10.0. The molecule has 0 aliphatic rings. The van der Waals surface area contributed by atoms with Gasteiger partial charge in [-0.3, -0.25) is 14.8 Å². The Morgan fingerprint density at radius 1 is 0.973 bits per heavy atom. The molecular formula is C29H33N5O3. The minimum absolute atomic E-state index is 0.308. The number of pyridine rings is 2. The molecule has 0 aliphatic carbocycles. The van der Waals surface area contributed by atoms with Crippen LogP contribution in [-0.2, 0) is 19.5 Å². The summed E-state index contributed by atoms with van der Waals surface area (Å²) in [6, 6.07) is 13.8. The minimum atomic E-state index is -0.558. The van der Waals surface area contributed by atoms with E-state index in [2.05, 4.69) is 33.6 Å². The van der Waals surface area contributed by atoms with Gasteiger partial charge >= 0.3 is 0 Å². The molecule has 0 saturated carbocycles. The molecule has 0 saturated heterocycles. The van der Waals surface area contributed by atoms with Gasteiger partial charge in [0.2, 0.25) is 0 Å². The Labute approximate surface area is 217 Å². The Hall–Kier alpha value is -4.17. The van der Waals surface area contributed by atoms with Crippen molar-refractivity contribution < 1.29 is 14.3 Å². The number of rotatable bonds is 12. The van der Waals surface area contributed by atoms with Crippen molar-refractivity contribution in [1.29, 1.82) is 0 Å². The van der Waals surface area contributed by atoms with Gasteiger partial charge in [-0.05, 0) is 61.2 Å². The molecule has 4 aromatic rings. The molecule has 37 heavy (non-hydrogen) atoms. The second-order valence-electron chi connectivity index (χ2n) is 8.47. The van der Waals surface area contributed by atoms with Crippen molar-refractivity contribution in [2.24, 2.45) is 5.73 Å². The number of anilines is 2. The van der Waals surface area contributed by atoms with Gasteiger partial charge in [-0.1, -0.05) is 19.1 Å². The van der Waals surface area contributed by atoms with Crippen LogP contribution in [0, 0.1) is 0 Å². The summed E-state index contributed by atoms with van der Waals surface area (Å²) >= 11 is 0. The summed E-state index contributed by atoms with van der Waals surface area (Å²) in [5, 5.41) is 7.75. The van der Waals surface area contributed by atoms with E-state index in [9.17, 15) is 4.79 Å². The van der Waals surface area contributed by atoms with E-state index in [4.69, 9.17) is 15.2 Å². The Balaban J connectivity index is 1.72. The van der Waals surface area contributed by atoms with Crippen molar-refractivity contribution in [3.05, 3.63) is 83.3 Å². The molecule has 0 bridgehead atoms. The molecule has 0 fully saturated rings. The third kappa shape index (κ3) is 5.98. The number of nitrogens with zero attached hydrogens (tertiary/aromatic N) is 2. The summed E-state index contributed by atoms with van der Waals surface area (Å²) < 4.78 is 11.6. The number of benzene rings is 2. The fourth-order valence-electron chi connectivity index (χ4n) is 4.37. The number of carbonyl (C=O) groups is 1. The van der Waals surface area contributed by atoms with Gasteiger partial charge < -0.3 is 25.8 Å². The van der Waals surface area contributed by atoms with Crippen LogP contribution in [0.4, 0.5) is 11.4 Å². The molecule has 0 radical (unpaired) electrons. The van der Waals surface area contributed by atoms with E-state index < -0.39 is 5.91 Å². The lowest BCUT2D eigenvalue weighted by molar-refractivity contribution is 0.100. The van der Waals surface area contributed by atoms with Crippen LogP contribution in [0.15, 0.2) is 61.1 Å². The third-order valence-electron chi connectivity index (χ3n) is 6.08. The van der Waals surface area contributed by atoms with Gasteiger partial charge in [0.25, 0.3) is 5.91 Å². The summed E-state index contributed by atoms with van der Waals surface area (Å²) in [7, 11) is 0. The maximum absolute atomic E-state index is 12.4. The molecule has 192 valence electrons. The first-order chi connectivity index (χ1) is 18.0. The van der Waals surface area contributed by atoms with E-state index >= 15 is 0 Å². The number of primary amides is 1. The van der Waals surface area contributed by atoms with Crippen LogP contribution in [0.3, 0.4) is 0 Å². The smallest absolute Gasteiger partial charge is 0.252 e. The third-order valence-corrected chi connectivity index (χ3v) is 6.08. The Morgan fingerprint density at radius 3 is 2.38 bits per heavy atom. The van der Waals surface area contributed by atoms with Crippen LogP contribution in [0.25, 0.3) is 10.9 Å². The van der Waals surface area contributed by atoms with Crippen molar-refractivity contribution in [2.75, 3.05) is 18.5 Å². The first-order valence-corrected chi connectivity index (χ1v) is 12.5. The number of amides is 1. The Morgan fingerprint density at radius 2 is 1.70 bits per heavy atom. The zero-order chi connectivity index (χ0) is 26.2. The van der Waals surface area contributed by atoms with E-state index in [1.165, 1.54) is 17.3 Å². The highest BCUT2D eigenvalue weighted by molar-refractivity contribution is 6.08. The average Bonchev–Trinajstić information content (AvgIpc) is 2.90. The highest BCUT2D eigenvalue weighted by atomic mass is 16.5. The van der Waals surface area contributed by atoms with Crippen molar-refractivity contribution in [3.63, 3.8) is 0 Å². The second-order valence-corrected chi connectivity index (χ2v) is 8.47. The van der Waals surface area contributed by atoms with Gasteiger partial charge in [-0.2, -0.15) is 0 Å². The van der Waals surface area contributed by atoms with Crippen molar-refractivity contribution in [3.8, 4) is 11.5 Å². The van der Waals surface area contributed by atoms with Gasteiger partial charge in [0.15, 0.2) is 11.5 Å². The van der Waals surface area contributed by atoms with Gasteiger partial charge in [0, 0.05) is 48.8 Å². The molecule has 2 aromatic carbocycles. The molecule has 0 spiro atoms. The van der Waals surface area contributed by atoms with E-state index in [0.29, 0.717) is 48.0 Å². The first-order valence-electron chi connectivity index (χ1n) is 12.5. The zero-order valence-electron chi connectivity index (χ0n) is 21.5. The van der Waals surface area contributed by atoms with Gasteiger partial charge in [0.1, 0.15) is 0 Å². The molecule has 8 nitrogen and oxygen atoms in total. The normalized spacial score (nSPS) is 10.9. The molecule has 1 amide bonds. The van der Waals surface area contributed by atoms with Gasteiger partial charge in [-0.25, -0.2) is 0 Å². The van der Waals surface area contributed by atoms with Gasteiger partial charge in [0.05, 0.1) is 30.0 Å². The molecular weight excluding hydrogens is 466 g/mol. The van der Waals surface area contributed by atoms with Crippen molar-refractivity contribution >= 4 is 28.2 Å². The number of nitrogens with one attached hydrogen (secondary N) is 2. The molecule has 0 atom stereocenters. The molecule has 4 rings (SSSR count). The van der Waals surface area contributed by atoms with Crippen molar-refractivity contribution in [2.45, 2.75) is 40.3 Å². The van der Waals surface area contributed by atoms with Crippen LogP contribution in [0.5, 0.6) is 11.5 Å². The number of aromatic nitrogens is 2. The van der Waals surface area contributed by atoms with E-state index in [1.807, 2.05) is 50.2 Å². The predicted molar refractivity (Wildman–Crippen MR) is 146 cm³/mol. The van der Waals surface area contributed by atoms with Crippen LogP contribution < -0.4 is 25.8 Å². The predicted octanol–water partition coefficient (Wildman–Crippen LogP) is 5.12. The van der Waals surface area contributed by atoms with E-state index in [0.717, 1.165) is 29.6 Å². The van der Waals surface area contributed by atoms with E-state index in [1.54, 1.807) is 12.4 Å². The minimum Gasteiger partial charge on any atom is -0.490 e. The quantitative estimate of drug-likeness (QED) is 0.248. The topological polar surface area (TPSA) is 111 Å². The molecule has 2 aromatic heterocycles. The van der Waals surface area contributed by atoms with E-state index in [-0.39, 0.29) is 0 Å². The van der Waals surface area contributed by atoms with Gasteiger partial charge in [-0.15, -0.1) is 0 Å². The zero-order valence-corrected chi connectivity index (χ0v) is 21.5. The monoisotopic (exact) mass is 499 g/mol. The number of carbonyl (C=O) groups excluding carboxylic acids is 1. The maximum atomic E-state index is 12.4. The number of nitrogens with two attached hydrogens (primary N) is 1. The summed E-state index contributed by atoms with van der Waals surface area (Å²) in [6.45, 7) is 8.37. The number of ether oxygens (including phenoxy) is 2. The largest absolute Gasteiger partial charge is 0.490 e. The standard InChI is InChI=1S/C29H33N5O3/c1-4-21-20(17-32-16-19-10-12-31-13-11-19)8-7-9-24(21)34-28-22-14-26(36-5-2)27(37-6-3)15-25(22)33-18-23(28)29(30)35/h7-15,18,32H,4-6,16-17H2,1-3H3,(H2,30,35)(H,33,34). The van der Waals surface area contributed by atoms with Crippen LogP contribution in [-0.4, -0.2) is 29.1 Å².